The Morgan fingerprint density at radius 1 is 1.04 bits per heavy atom. The Bertz CT molecular complexity index is 740. The summed E-state index contributed by atoms with van der Waals surface area (Å²) in [5, 5.41) is 5.84. The molecule has 1 heterocycles. The molecule has 144 valence electrons. The van der Waals surface area contributed by atoms with Gasteiger partial charge in [0.25, 0.3) is 0 Å². The molecule has 0 bridgehead atoms. The van der Waals surface area contributed by atoms with Crippen LogP contribution in [-0.2, 0) is 0 Å². The van der Waals surface area contributed by atoms with E-state index in [-0.39, 0.29) is 6.03 Å². The van der Waals surface area contributed by atoms with Gasteiger partial charge in [-0.2, -0.15) is 0 Å². The van der Waals surface area contributed by atoms with Crippen molar-refractivity contribution in [1.29, 1.82) is 0 Å². The molecule has 2 amide bonds. The molecule has 3 rings (SSSR count). The normalized spacial score (nSPS) is 14.7. The second-order valence-electron chi connectivity index (χ2n) is 6.72. The number of nitrogens with one attached hydrogen (secondary N) is 2. The van der Waals surface area contributed by atoms with Crippen LogP contribution in [-0.4, -0.2) is 57.3 Å². The van der Waals surface area contributed by atoms with Crippen molar-refractivity contribution in [3.63, 3.8) is 0 Å². The van der Waals surface area contributed by atoms with E-state index in [4.69, 9.17) is 4.74 Å². The van der Waals surface area contributed by atoms with E-state index >= 15 is 0 Å². The first-order valence-electron chi connectivity index (χ1n) is 9.37. The van der Waals surface area contributed by atoms with E-state index in [0.717, 1.165) is 49.7 Å². The van der Waals surface area contributed by atoms with E-state index in [1.54, 1.807) is 7.11 Å². The predicted molar refractivity (Wildman–Crippen MR) is 110 cm³/mol. The Hall–Kier alpha value is -2.73. The SMILES string of the molecule is COc1ccc(N2CCN(CCNC(=O)Nc3ccccc3C)CC2)cc1. The smallest absolute Gasteiger partial charge is 0.319 e. The quantitative estimate of drug-likeness (QED) is 0.823. The van der Waals surface area contributed by atoms with Gasteiger partial charge in [0.05, 0.1) is 7.11 Å². The van der Waals surface area contributed by atoms with Crippen molar-refractivity contribution < 1.29 is 9.53 Å². The number of carbonyl (C=O) groups excluding carboxylic acids is 1. The molecular weight excluding hydrogens is 340 g/mol. The average molecular weight is 368 g/mol. The van der Waals surface area contributed by atoms with Gasteiger partial charge in [-0.25, -0.2) is 4.79 Å². The van der Waals surface area contributed by atoms with Gasteiger partial charge in [0, 0.05) is 50.6 Å². The molecule has 0 spiro atoms. The minimum Gasteiger partial charge on any atom is -0.497 e. The van der Waals surface area contributed by atoms with E-state index in [1.807, 2.05) is 43.3 Å². The summed E-state index contributed by atoms with van der Waals surface area (Å²) in [6.45, 7) is 7.44. The van der Waals surface area contributed by atoms with E-state index < -0.39 is 0 Å². The maximum absolute atomic E-state index is 12.0. The molecule has 1 aliphatic heterocycles. The fraction of sp³-hybridized carbons (Fsp3) is 0.381. The van der Waals surface area contributed by atoms with Gasteiger partial charge in [0.2, 0.25) is 0 Å². The number of rotatable bonds is 6. The monoisotopic (exact) mass is 368 g/mol. The lowest BCUT2D eigenvalue weighted by Crippen LogP contribution is -2.48. The van der Waals surface area contributed by atoms with E-state index in [9.17, 15) is 4.79 Å². The van der Waals surface area contributed by atoms with Crippen LogP contribution in [0.15, 0.2) is 48.5 Å². The lowest BCUT2D eigenvalue weighted by Gasteiger charge is -2.36. The highest BCUT2D eigenvalue weighted by Gasteiger charge is 2.17. The zero-order valence-corrected chi connectivity index (χ0v) is 16.1. The Morgan fingerprint density at radius 3 is 2.41 bits per heavy atom. The molecule has 1 fully saturated rings. The molecule has 0 aromatic heterocycles. The lowest BCUT2D eigenvalue weighted by atomic mass is 10.2. The number of piperazine rings is 1. The molecule has 1 saturated heterocycles. The van der Waals surface area contributed by atoms with E-state index in [2.05, 4.69) is 32.6 Å². The van der Waals surface area contributed by atoms with Crippen molar-refractivity contribution in [2.45, 2.75) is 6.92 Å². The molecule has 2 aromatic carbocycles. The van der Waals surface area contributed by atoms with Crippen LogP contribution in [0.3, 0.4) is 0 Å². The minimum absolute atomic E-state index is 0.152. The number of hydrogen-bond donors (Lipinski definition) is 2. The molecule has 2 aromatic rings. The molecule has 0 atom stereocenters. The third-order valence-electron chi connectivity index (χ3n) is 4.92. The van der Waals surface area contributed by atoms with Gasteiger partial charge in [0.1, 0.15) is 5.75 Å². The molecule has 0 unspecified atom stereocenters. The van der Waals surface area contributed by atoms with Crippen LogP contribution < -0.4 is 20.3 Å². The summed E-state index contributed by atoms with van der Waals surface area (Å²) >= 11 is 0. The zero-order valence-electron chi connectivity index (χ0n) is 16.1. The maximum atomic E-state index is 12.0. The summed E-state index contributed by atoms with van der Waals surface area (Å²) in [7, 11) is 1.68. The van der Waals surface area contributed by atoms with Gasteiger partial charge in [-0.05, 0) is 42.8 Å². The number of anilines is 2. The van der Waals surface area contributed by atoms with Crippen molar-refractivity contribution in [2.24, 2.45) is 0 Å². The van der Waals surface area contributed by atoms with E-state index in [1.165, 1.54) is 5.69 Å². The van der Waals surface area contributed by atoms with Gasteiger partial charge >= 0.3 is 6.03 Å². The van der Waals surface area contributed by atoms with E-state index in [0.29, 0.717) is 6.54 Å². The fourth-order valence-corrected chi connectivity index (χ4v) is 3.23. The number of hydrogen-bond acceptors (Lipinski definition) is 4. The van der Waals surface area contributed by atoms with Crippen molar-refractivity contribution >= 4 is 17.4 Å². The number of benzene rings is 2. The highest BCUT2D eigenvalue weighted by atomic mass is 16.5. The summed E-state index contributed by atoms with van der Waals surface area (Å²) in [4.78, 5) is 16.8. The molecule has 0 aliphatic carbocycles. The number of nitrogens with zero attached hydrogens (tertiary/aromatic N) is 2. The minimum atomic E-state index is -0.152. The van der Waals surface area contributed by atoms with Crippen LogP contribution >= 0.6 is 0 Å². The van der Waals surface area contributed by atoms with Gasteiger partial charge in [-0.1, -0.05) is 18.2 Å². The number of aryl methyl sites for hydroxylation is 1. The molecule has 2 N–H and O–H groups in total. The first-order chi connectivity index (χ1) is 13.2. The average Bonchev–Trinajstić information content (AvgIpc) is 2.70. The largest absolute Gasteiger partial charge is 0.497 e. The Labute approximate surface area is 161 Å². The second kappa shape index (κ2) is 9.28. The highest BCUT2D eigenvalue weighted by Crippen LogP contribution is 2.20. The van der Waals surface area contributed by atoms with Crippen LogP contribution in [0.2, 0.25) is 0 Å². The van der Waals surface area contributed by atoms with Gasteiger partial charge in [0.15, 0.2) is 0 Å². The number of ether oxygens (including phenoxy) is 1. The third kappa shape index (κ3) is 5.37. The number of carbonyl (C=O) groups is 1. The third-order valence-corrected chi connectivity index (χ3v) is 4.92. The molecule has 27 heavy (non-hydrogen) atoms. The summed E-state index contributed by atoms with van der Waals surface area (Å²) in [6.07, 6.45) is 0. The lowest BCUT2D eigenvalue weighted by molar-refractivity contribution is 0.240. The first kappa shape index (κ1) is 19.0. The van der Waals surface area contributed by atoms with Crippen LogP contribution in [0.5, 0.6) is 5.75 Å². The number of amides is 2. The second-order valence-corrected chi connectivity index (χ2v) is 6.72. The van der Waals surface area contributed by atoms with Gasteiger partial charge in [-0.3, -0.25) is 4.90 Å². The van der Waals surface area contributed by atoms with Crippen LogP contribution in [0.4, 0.5) is 16.2 Å². The van der Waals surface area contributed by atoms with Crippen molar-refractivity contribution in [2.75, 3.05) is 56.6 Å². The van der Waals surface area contributed by atoms with Crippen LogP contribution in [0.25, 0.3) is 0 Å². The van der Waals surface area contributed by atoms with Crippen molar-refractivity contribution in [1.82, 2.24) is 10.2 Å². The van der Waals surface area contributed by atoms with Gasteiger partial charge < -0.3 is 20.3 Å². The molecule has 0 saturated carbocycles. The molecular formula is C21H28N4O2. The maximum Gasteiger partial charge on any atom is 0.319 e. The fourth-order valence-electron chi connectivity index (χ4n) is 3.23. The van der Waals surface area contributed by atoms with Gasteiger partial charge in [-0.15, -0.1) is 0 Å². The summed E-state index contributed by atoms with van der Waals surface area (Å²) < 4.78 is 5.21. The Morgan fingerprint density at radius 2 is 1.74 bits per heavy atom. The highest BCUT2D eigenvalue weighted by molar-refractivity contribution is 5.89. The number of methoxy groups -OCH3 is 1. The topological polar surface area (TPSA) is 56.8 Å². The Kier molecular flexibility index (Phi) is 6.54. The molecule has 0 radical (unpaired) electrons. The Balaban J connectivity index is 1.37. The zero-order chi connectivity index (χ0) is 19.1. The summed E-state index contributed by atoms with van der Waals surface area (Å²) in [6, 6.07) is 15.8. The first-order valence-corrected chi connectivity index (χ1v) is 9.37. The molecule has 6 nitrogen and oxygen atoms in total. The summed E-state index contributed by atoms with van der Waals surface area (Å²) in [5.41, 5.74) is 3.14. The predicted octanol–water partition coefficient (Wildman–Crippen LogP) is 2.95. The van der Waals surface area contributed by atoms with Crippen LogP contribution in [0.1, 0.15) is 5.56 Å². The standard InChI is InChI=1S/C21H28N4O2/c1-17-5-3-4-6-20(17)23-21(26)22-11-12-24-13-15-25(16-14-24)18-7-9-19(27-2)10-8-18/h3-10H,11-16H2,1-2H3,(H2,22,23,26). The number of urea groups is 1. The molecule has 6 heteroatoms. The number of para-hydroxylation sites is 1. The molecule has 1 aliphatic rings. The summed E-state index contributed by atoms with van der Waals surface area (Å²) in [5.74, 6) is 0.882. The van der Waals surface area contributed by atoms with Crippen molar-refractivity contribution in [3.05, 3.63) is 54.1 Å². The van der Waals surface area contributed by atoms with Crippen molar-refractivity contribution in [3.8, 4) is 5.75 Å². The van der Waals surface area contributed by atoms with Crippen LogP contribution in [0, 0.1) is 6.92 Å².